The van der Waals surface area contributed by atoms with Crippen LogP contribution >= 0.6 is 11.3 Å². The summed E-state index contributed by atoms with van der Waals surface area (Å²) in [5.41, 5.74) is 5.89. The molecule has 2 aromatic heterocycles. The molecule has 4 N–H and O–H groups in total. The molecule has 0 unspecified atom stereocenters. The van der Waals surface area contributed by atoms with E-state index in [1.165, 1.54) is 19.3 Å². The fourth-order valence-corrected chi connectivity index (χ4v) is 2.92. The molecule has 3 rings (SSSR count). The Bertz CT molecular complexity index is 533. The smallest absolute Gasteiger partial charge is 0.240 e. The molecule has 0 amide bonds. The number of thiophene rings is 1. The molecule has 6 nitrogen and oxygen atoms in total. The molecule has 1 fully saturated rings. The van der Waals surface area contributed by atoms with Crippen LogP contribution in [-0.2, 0) is 0 Å². The van der Waals surface area contributed by atoms with E-state index in [1.54, 1.807) is 11.3 Å². The second-order valence-electron chi connectivity index (χ2n) is 4.34. The van der Waals surface area contributed by atoms with Crippen molar-refractivity contribution in [3.63, 3.8) is 0 Å². The number of aromatic nitrogens is 2. The van der Waals surface area contributed by atoms with Gasteiger partial charge in [0, 0.05) is 13.1 Å². The molecular weight excluding hydrogens is 248 g/mol. The Balaban J connectivity index is 1.91. The fraction of sp³-hybridized carbons (Fsp3) is 0.455. The normalized spacial score (nSPS) is 16.9. The van der Waals surface area contributed by atoms with Crippen molar-refractivity contribution in [2.24, 2.45) is 5.84 Å². The maximum atomic E-state index is 5.40. The zero-order valence-corrected chi connectivity index (χ0v) is 10.8. The first-order valence-electron chi connectivity index (χ1n) is 6.10. The van der Waals surface area contributed by atoms with Crippen molar-refractivity contribution in [3.8, 4) is 0 Å². The predicted octanol–water partition coefficient (Wildman–Crippen LogP) is 1.79. The Kier molecular flexibility index (Phi) is 3.26. The lowest BCUT2D eigenvalue weighted by Gasteiger charge is -2.27. The third-order valence-corrected chi connectivity index (χ3v) is 3.88. The van der Waals surface area contributed by atoms with Crippen LogP contribution < -0.4 is 16.7 Å². The molecule has 0 bridgehead atoms. The minimum atomic E-state index is 0.449. The molecule has 0 radical (unpaired) electrons. The SMILES string of the molecule is NNc1nc(NN2CCCCC2)c2ccsc2n1. The second-order valence-corrected chi connectivity index (χ2v) is 5.23. The molecule has 18 heavy (non-hydrogen) atoms. The Labute approximate surface area is 109 Å². The Morgan fingerprint density at radius 1 is 1.22 bits per heavy atom. The van der Waals surface area contributed by atoms with Crippen molar-refractivity contribution >= 4 is 33.3 Å². The average Bonchev–Trinajstić information content (AvgIpc) is 2.88. The molecule has 1 saturated heterocycles. The summed E-state index contributed by atoms with van der Waals surface area (Å²) in [7, 11) is 0. The van der Waals surface area contributed by atoms with E-state index in [9.17, 15) is 0 Å². The van der Waals surface area contributed by atoms with Crippen LogP contribution in [0, 0.1) is 0 Å². The summed E-state index contributed by atoms with van der Waals surface area (Å²) >= 11 is 1.59. The first kappa shape index (κ1) is 11.6. The van der Waals surface area contributed by atoms with Gasteiger partial charge < -0.3 is 5.43 Å². The molecule has 0 spiro atoms. The van der Waals surface area contributed by atoms with Crippen LogP contribution in [0.25, 0.3) is 10.2 Å². The van der Waals surface area contributed by atoms with E-state index >= 15 is 0 Å². The molecule has 0 aromatic carbocycles. The molecule has 0 saturated carbocycles. The van der Waals surface area contributed by atoms with Crippen molar-refractivity contribution in [1.82, 2.24) is 15.0 Å². The molecule has 1 aliphatic rings. The van der Waals surface area contributed by atoms with E-state index < -0.39 is 0 Å². The van der Waals surface area contributed by atoms with E-state index in [1.807, 2.05) is 11.4 Å². The van der Waals surface area contributed by atoms with Crippen LogP contribution in [0.3, 0.4) is 0 Å². The Morgan fingerprint density at radius 2 is 2.06 bits per heavy atom. The van der Waals surface area contributed by atoms with Gasteiger partial charge in [0.2, 0.25) is 5.95 Å². The lowest BCUT2D eigenvalue weighted by atomic mass is 10.2. The summed E-state index contributed by atoms with van der Waals surface area (Å²) in [4.78, 5) is 9.65. The summed E-state index contributed by atoms with van der Waals surface area (Å²) < 4.78 is 0. The number of nitrogens with two attached hydrogens (primary N) is 1. The summed E-state index contributed by atoms with van der Waals surface area (Å²) in [6.07, 6.45) is 3.77. The minimum Gasteiger partial charge on any atom is -0.302 e. The van der Waals surface area contributed by atoms with E-state index in [-0.39, 0.29) is 0 Å². The summed E-state index contributed by atoms with van der Waals surface area (Å²) in [5, 5.41) is 5.27. The van der Waals surface area contributed by atoms with Gasteiger partial charge in [0.05, 0.1) is 5.39 Å². The fourth-order valence-electron chi connectivity index (χ4n) is 2.16. The number of piperidine rings is 1. The van der Waals surface area contributed by atoms with Crippen molar-refractivity contribution < 1.29 is 0 Å². The molecule has 0 aliphatic carbocycles. The lowest BCUT2D eigenvalue weighted by Crippen LogP contribution is -2.35. The summed E-state index contributed by atoms with van der Waals surface area (Å²) in [6, 6.07) is 2.03. The van der Waals surface area contributed by atoms with Crippen molar-refractivity contribution in [3.05, 3.63) is 11.4 Å². The number of fused-ring (bicyclic) bond motifs is 1. The van der Waals surface area contributed by atoms with Gasteiger partial charge in [-0.25, -0.2) is 15.8 Å². The largest absolute Gasteiger partial charge is 0.302 e. The summed E-state index contributed by atoms with van der Waals surface area (Å²) in [5.74, 6) is 6.68. The van der Waals surface area contributed by atoms with E-state index in [0.717, 1.165) is 29.1 Å². The monoisotopic (exact) mass is 264 g/mol. The van der Waals surface area contributed by atoms with E-state index in [0.29, 0.717) is 5.95 Å². The van der Waals surface area contributed by atoms with Crippen molar-refractivity contribution in [1.29, 1.82) is 0 Å². The number of hydrogen-bond acceptors (Lipinski definition) is 7. The van der Waals surface area contributed by atoms with Gasteiger partial charge in [-0.15, -0.1) is 11.3 Å². The molecule has 2 aromatic rings. The summed E-state index contributed by atoms with van der Waals surface area (Å²) in [6.45, 7) is 2.11. The second kappa shape index (κ2) is 5.05. The van der Waals surface area contributed by atoms with Gasteiger partial charge in [0.15, 0.2) is 5.82 Å². The van der Waals surface area contributed by atoms with Gasteiger partial charge >= 0.3 is 0 Å². The van der Waals surface area contributed by atoms with Gasteiger partial charge in [-0.1, -0.05) is 6.42 Å². The maximum absolute atomic E-state index is 5.40. The topological polar surface area (TPSA) is 79.1 Å². The third-order valence-electron chi connectivity index (χ3n) is 3.07. The number of anilines is 2. The van der Waals surface area contributed by atoms with Crippen LogP contribution in [-0.4, -0.2) is 28.1 Å². The van der Waals surface area contributed by atoms with Gasteiger partial charge in [-0.2, -0.15) is 4.98 Å². The molecule has 0 atom stereocenters. The van der Waals surface area contributed by atoms with Crippen LogP contribution in [0.2, 0.25) is 0 Å². The zero-order chi connectivity index (χ0) is 12.4. The van der Waals surface area contributed by atoms with Crippen LogP contribution in [0.5, 0.6) is 0 Å². The van der Waals surface area contributed by atoms with Crippen molar-refractivity contribution in [2.45, 2.75) is 19.3 Å². The Hall–Kier alpha value is -1.44. The molecule has 3 heterocycles. The first-order chi connectivity index (χ1) is 8.86. The quantitative estimate of drug-likeness (QED) is 0.579. The first-order valence-corrected chi connectivity index (χ1v) is 6.98. The average molecular weight is 264 g/mol. The highest BCUT2D eigenvalue weighted by atomic mass is 32.1. The maximum Gasteiger partial charge on any atom is 0.240 e. The van der Waals surface area contributed by atoms with Crippen LogP contribution in [0.1, 0.15) is 19.3 Å². The molecule has 7 heteroatoms. The standard InChI is InChI=1S/C11H16N6S/c12-15-11-13-9(8-4-7-18-10(8)14-11)16-17-5-2-1-3-6-17/h4,7H,1-3,5-6,12H2,(H2,13,14,15,16). The number of rotatable bonds is 3. The molecule has 96 valence electrons. The van der Waals surface area contributed by atoms with Gasteiger partial charge in [0.1, 0.15) is 4.83 Å². The highest BCUT2D eigenvalue weighted by Gasteiger charge is 2.14. The number of nitrogens with zero attached hydrogens (tertiary/aromatic N) is 3. The highest BCUT2D eigenvalue weighted by Crippen LogP contribution is 2.27. The number of nitrogen functional groups attached to an aromatic ring is 1. The number of hydrogen-bond donors (Lipinski definition) is 3. The predicted molar refractivity (Wildman–Crippen MR) is 74.3 cm³/mol. The number of hydrazine groups is 2. The molecular formula is C11H16N6S. The number of nitrogens with one attached hydrogen (secondary N) is 2. The van der Waals surface area contributed by atoms with Crippen LogP contribution in [0.4, 0.5) is 11.8 Å². The lowest BCUT2D eigenvalue weighted by molar-refractivity contribution is 0.272. The van der Waals surface area contributed by atoms with Crippen molar-refractivity contribution in [2.75, 3.05) is 23.9 Å². The minimum absolute atomic E-state index is 0.449. The zero-order valence-electron chi connectivity index (χ0n) is 10.0. The van der Waals surface area contributed by atoms with Gasteiger partial charge in [-0.3, -0.25) is 5.43 Å². The van der Waals surface area contributed by atoms with E-state index in [4.69, 9.17) is 5.84 Å². The Morgan fingerprint density at radius 3 is 2.83 bits per heavy atom. The highest BCUT2D eigenvalue weighted by molar-refractivity contribution is 7.16. The third kappa shape index (κ3) is 2.24. The van der Waals surface area contributed by atoms with Crippen LogP contribution in [0.15, 0.2) is 11.4 Å². The molecule has 1 aliphatic heterocycles. The van der Waals surface area contributed by atoms with Gasteiger partial charge in [0.25, 0.3) is 0 Å². The van der Waals surface area contributed by atoms with Gasteiger partial charge in [-0.05, 0) is 24.3 Å². The van der Waals surface area contributed by atoms with E-state index in [2.05, 4.69) is 25.8 Å².